The van der Waals surface area contributed by atoms with E-state index < -0.39 is 29.3 Å². The first-order chi connectivity index (χ1) is 19.3. The van der Waals surface area contributed by atoms with Gasteiger partial charge in [-0.05, 0) is 54.2 Å². The number of hydrogen-bond acceptors (Lipinski definition) is 4. The van der Waals surface area contributed by atoms with Gasteiger partial charge in [-0.15, -0.1) is 0 Å². The van der Waals surface area contributed by atoms with Crippen LogP contribution >= 0.6 is 0 Å². The highest BCUT2D eigenvalue weighted by atomic mass is 19.4. The second-order valence-corrected chi connectivity index (χ2v) is 10.3. The lowest BCUT2D eigenvalue weighted by atomic mass is 9.89. The summed E-state index contributed by atoms with van der Waals surface area (Å²) in [7, 11) is 0. The van der Waals surface area contributed by atoms with Crippen molar-refractivity contribution in [1.82, 2.24) is 9.80 Å². The molecule has 0 aliphatic carbocycles. The number of likely N-dealkylation sites (tertiary alicyclic amines) is 1. The molecule has 0 saturated carbocycles. The van der Waals surface area contributed by atoms with Crippen molar-refractivity contribution in [2.45, 2.75) is 37.6 Å². The fraction of sp³-hybridized carbons (Fsp3) is 0.355. The predicted molar refractivity (Wildman–Crippen MR) is 146 cm³/mol. The number of anilines is 1. The van der Waals surface area contributed by atoms with Crippen LogP contribution in [0.5, 0.6) is 0 Å². The summed E-state index contributed by atoms with van der Waals surface area (Å²) in [5, 5.41) is 2.57. The Morgan fingerprint density at radius 2 is 1.55 bits per heavy atom. The molecule has 1 unspecified atom stereocenters. The van der Waals surface area contributed by atoms with Gasteiger partial charge in [0.15, 0.2) is 0 Å². The van der Waals surface area contributed by atoms with Crippen molar-refractivity contribution in [3.63, 3.8) is 0 Å². The van der Waals surface area contributed by atoms with Crippen LogP contribution in [0.2, 0.25) is 0 Å². The van der Waals surface area contributed by atoms with Gasteiger partial charge in [0.2, 0.25) is 0 Å². The number of carbonyl (C=O) groups is 2. The smallest absolute Gasteiger partial charge is 0.366 e. The van der Waals surface area contributed by atoms with Gasteiger partial charge in [0.05, 0.1) is 17.7 Å². The van der Waals surface area contributed by atoms with E-state index in [0.29, 0.717) is 31.9 Å². The third-order valence-electron chi connectivity index (χ3n) is 7.60. The molecule has 9 heteroatoms. The number of carbonyl (C=O) groups excluding carboxylic acids is 2. The molecule has 6 nitrogen and oxygen atoms in total. The summed E-state index contributed by atoms with van der Waals surface area (Å²) in [6.45, 7) is 3.97. The Morgan fingerprint density at radius 3 is 2.25 bits per heavy atom. The molecular formula is C31H32F3N3O3. The van der Waals surface area contributed by atoms with Gasteiger partial charge in [-0.3, -0.25) is 14.5 Å². The SMILES string of the molecule is O=C(Nc1ccc(C2CCN(C(=O)C3CN(Cc4ccccc4)CCO3)CC2)cc1)c1ccccc1C(F)(F)F. The Hall–Kier alpha value is -3.69. The summed E-state index contributed by atoms with van der Waals surface area (Å²) in [5.74, 6) is -0.519. The molecule has 0 aromatic heterocycles. The van der Waals surface area contributed by atoms with E-state index in [-0.39, 0.29) is 11.8 Å². The van der Waals surface area contributed by atoms with Gasteiger partial charge < -0.3 is 15.0 Å². The van der Waals surface area contributed by atoms with Crippen LogP contribution in [0, 0.1) is 0 Å². The van der Waals surface area contributed by atoms with Crippen molar-refractivity contribution in [2.75, 3.05) is 38.1 Å². The Balaban J connectivity index is 1.13. The van der Waals surface area contributed by atoms with Crippen LogP contribution in [-0.2, 0) is 22.3 Å². The molecule has 0 radical (unpaired) electrons. The molecule has 1 atom stereocenters. The van der Waals surface area contributed by atoms with Gasteiger partial charge in [-0.2, -0.15) is 13.2 Å². The molecule has 210 valence electrons. The normalized spacial score (nSPS) is 18.9. The standard InChI is InChI=1S/C31H32F3N3O3/c32-31(33,34)27-9-5-4-8-26(27)29(38)35-25-12-10-23(11-13-25)24-14-16-37(17-15-24)30(39)28-21-36(18-19-40-28)20-22-6-2-1-3-7-22/h1-13,24,28H,14-21H2,(H,35,38). The molecule has 2 amide bonds. The summed E-state index contributed by atoms with van der Waals surface area (Å²) in [5.41, 5.74) is 1.33. The van der Waals surface area contributed by atoms with E-state index in [1.54, 1.807) is 12.1 Å². The largest absolute Gasteiger partial charge is 0.417 e. The molecule has 2 aliphatic heterocycles. The molecule has 3 aromatic rings. The van der Waals surface area contributed by atoms with Crippen LogP contribution in [0.15, 0.2) is 78.9 Å². The van der Waals surface area contributed by atoms with Gasteiger partial charge in [-0.1, -0.05) is 54.6 Å². The van der Waals surface area contributed by atoms with Gasteiger partial charge in [0, 0.05) is 38.4 Å². The zero-order chi connectivity index (χ0) is 28.1. The molecule has 3 aromatic carbocycles. The van der Waals surface area contributed by atoms with Crippen molar-refractivity contribution in [1.29, 1.82) is 0 Å². The maximum absolute atomic E-state index is 13.3. The first-order valence-electron chi connectivity index (χ1n) is 13.5. The molecule has 5 rings (SSSR count). The minimum absolute atomic E-state index is 0.0356. The molecular weight excluding hydrogens is 519 g/mol. The maximum atomic E-state index is 13.3. The van der Waals surface area contributed by atoms with E-state index >= 15 is 0 Å². The zero-order valence-electron chi connectivity index (χ0n) is 22.1. The highest BCUT2D eigenvalue weighted by molar-refractivity contribution is 6.05. The molecule has 1 N–H and O–H groups in total. The van der Waals surface area contributed by atoms with Crippen molar-refractivity contribution < 1.29 is 27.5 Å². The van der Waals surface area contributed by atoms with Crippen LogP contribution in [0.3, 0.4) is 0 Å². The minimum Gasteiger partial charge on any atom is -0.366 e. The topological polar surface area (TPSA) is 61.9 Å². The molecule has 0 spiro atoms. The lowest BCUT2D eigenvalue weighted by molar-refractivity contribution is -0.150. The molecule has 2 aliphatic rings. The lowest BCUT2D eigenvalue weighted by Crippen LogP contribution is -2.52. The number of piperidine rings is 1. The number of nitrogens with one attached hydrogen (secondary N) is 1. The third-order valence-corrected chi connectivity index (χ3v) is 7.60. The zero-order valence-corrected chi connectivity index (χ0v) is 22.1. The average Bonchev–Trinajstić information content (AvgIpc) is 2.97. The van der Waals surface area contributed by atoms with Crippen LogP contribution in [-0.4, -0.2) is 60.5 Å². The lowest BCUT2D eigenvalue weighted by Gasteiger charge is -2.38. The van der Waals surface area contributed by atoms with E-state index in [1.807, 2.05) is 35.2 Å². The van der Waals surface area contributed by atoms with E-state index in [9.17, 15) is 22.8 Å². The van der Waals surface area contributed by atoms with Crippen molar-refractivity contribution in [3.8, 4) is 0 Å². The van der Waals surface area contributed by atoms with E-state index in [4.69, 9.17) is 4.74 Å². The van der Waals surface area contributed by atoms with Crippen LogP contribution in [0.4, 0.5) is 18.9 Å². The Labute approximate surface area is 231 Å². The fourth-order valence-corrected chi connectivity index (χ4v) is 5.44. The Bertz CT molecular complexity index is 1310. The minimum atomic E-state index is -4.61. The highest BCUT2D eigenvalue weighted by Gasteiger charge is 2.35. The number of benzene rings is 3. The highest BCUT2D eigenvalue weighted by Crippen LogP contribution is 2.33. The van der Waals surface area contributed by atoms with Crippen molar-refractivity contribution >= 4 is 17.5 Å². The third kappa shape index (κ3) is 6.71. The summed E-state index contributed by atoms with van der Waals surface area (Å²) in [6, 6.07) is 22.1. The summed E-state index contributed by atoms with van der Waals surface area (Å²) < 4.78 is 45.7. The quantitative estimate of drug-likeness (QED) is 0.436. The van der Waals surface area contributed by atoms with Gasteiger partial charge >= 0.3 is 6.18 Å². The number of hydrogen-bond donors (Lipinski definition) is 1. The van der Waals surface area contributed by atoms with Crippen LogP contribution < -0.4 is 5.32 Å². The van der Waals surface area contributed by atoms with Crippen LogP contribution in [0.1, 0.15) is 45.8 Å². The molecule has 2 fully saturated rings. The molecule has 2 saturated heterocycles. The van der Waals surface area contributed by atoms with Gasteiger partial charge in [0.25, 0.3) is 11.8 Å². The van der Waals surface area contributed by atoms with E-state index in [1.165, 1.54) is 23.8 Å². The van der Waals surface area contributed by atoms with E-state index in [0.717, 1.165) is 37.6 Å². The second kappa shape index (κ2) is 12.2. The number of halogens is 3. The fourth-order valence-electron chi connectivity index (χ4n) is 5.44. The first-order valence-corrected chi connectivity index (χ1v) is 13.5. The number of rotatable bonds is 6. The number of morpholine rings is 1. The average molecular weight is 552 g/mol. The van der Waals surface area contributed by atoms with Gasteiger partial charge in [-0.25, -0.2) is 0 Å². The number of ether oxygens (including phenoxy) is 1. The van der Waals surface area contributed by atoms with Crippen LogP contribution in [0.25, 0.3) is 0 Å². The predicted octanol–water partition coefficient (Wildman–Crippen LogP) is 5.56. The number of amides is 2. The number of alkyl halides is 3. The van der Waals surface area contributed by atoms with Gasteiger partial charge in [0.1, 0.15) is 6.10 Å². The van der Waals surface area contributed by atoms with E-state index in [2.05, 4.69) is 22.3 Å². The monoisotopic (exact) mass is 551 g/mol. The Kier molecular flexibility index (Phi) is 8.52. The van der Waals surface area contributed by atoms with Crippen molar-refractivity contribution in [2.24, 2.45) is 0 Å². The molecule has 0 bridgehead atoms. The van der Waals surface area contributed by atoms with Crippen molar-refractivity contribution in [3.05, 3.63) is 101 Å². The summed E-state index contributed by atoms with van der Waals surface area (Å²) in [6.07, 6.45) is -3.47. The molecule has 2 heterocycles. The molecule has 40 heavy (non-hydrogen) atoms. The maximum Gasteiger partial charge on any atom is 0.417 e. The first kappa shape index (κ1) is 27.9. The summed E-state index contributed by atoms with van der Waals surface area (Å²) >= 11 is 0. The summed E-state index contributed by atoms with van der Waals surface area (Å²) in [4.78, 5) is 29.9. The number of nitrogens with zero attached hydrogens (tertiary/aromatic N) is 2. The second-order valence-electron chi connectivity index (χ2n) is 10.3. The Morgan fingerprint density at radius 1 is 0.875 bits per heavy atom.